The number of H-pyrrole nitrogens is 1. The van der Waals surface area contributed by atoms with Crippen molar-refractivity contribution in [3.63, 3.8) is 0 Å². The molecule has 4 heterocycles. The van der Waals surface area contributed by atoms with Crippen LogP contribution in [0.4, 0.5) is 5.13 Å². The molecule has 0 saturated carbocycles. The lowest BCUT2D eigenvalue weighted by atomic mass is 9.99. The molecule has 2 N–H and O–H groups in total. The Hall–Kier alpha value is -2.24. The zero-order chi connectivity index (χ0) is 22.0. The van der Waals surface area contributed by atoms with Gasteiger partial charge in [0, 0.05) is 44.0 Å². The van der Waals surface area contributed by atoms with Crippen LogP contribution < -0.4 is 5.32 Å². The second-order valence-electron chi connectivity index (χ2n) is 8.25. The summed E-state index contributed by atoms with van der Waals surface area (Å²) in [6.45, 7) is 4.00. The molecule has 2 aromatic rings. The summed E-state index contributed by atoms with van der Waals surface area (Å²) in [5.74, 6) is -0.238. The van der Waals surface area contributed by atoms with Crippen molar-refractivity contribution in [1.82, 2.24) is 19.2 Å². The average Bonchev–Trinajstić information content (AvgIpc) is 3.46. The van der Waals surface area contributed by atoms with Gasteiger partial charge in [-0.25, -0.2) is 13.4 Å². The highest BCUT2D eigenvalue weighted by Crippen LogP contribution is 2.26. The van der Waals surface area contributed by atoms with E-state index in [9.17, 15) is 18.0 Å². The molecule has 1 atom stereocenters. The molecule has 0 spiro atoms. The van der Waals surface area contributed by atoms with Gasteiger partial charge in [0.2, 0.25) is 15.9 Å². The van der Waals surface area contributed by atoms with Gasteiger partial charge in [0.1, 0.15) is 10.6 Å². The lowest BCUT2D eigenvalue weighted by molar-refractivity contribution is -0.120. The zero-order valence-electron chi connectivity index (χ0n) is 17.4. The Morgan fingerprint density at radius 2 is 2.00 bits per heavy atom. The number of rotatable bonds is 5. The Morgan fingerprint density at radius 1 is 1.23 bits per heavy atom. The molecule has 0 aliphatic carbocycles. The van der Waals surface area contributed by atoms with Gasteiger partial charge >= 0.3 is 0 Å². The van der Waals surface area contributed by atoms with Crippen molar-refractivity contribution in [2.75, 3.05) is 31.5 Å². The van der Waals surface area contributed by atoms with Crippen LogP contribution in [0, 0.1) is 11.8 Å². The first kappa shape index (κ1) is 22.0. The molecular weight excluding hydrogens is 438 g/mol. The molecule has 0 aromatic carbocycles. The third-order valence-electron chi connectivity index (χ3n) is 6.01. The van der Waals surface area contributed by atoms with Gasteiger partial charge in [-0.15, -0.1) is 11.3 Å². The number of thiazole rings is 1. The molecule has 2 saturated heterocycles. The van der Waals surface area contributed by atoms with E-state index in [-0.39, 0.29) is 28.9 Å². The molecule has 0 radical (unpaired) electrons. The summed E-state index contributed by atoms with van der Waals surface area (Å²) in [5.41, 5.74) is 0.281. The average molecular weight is 466 g/mol. The van der Waals surface area contributed by atoms with Gasteiger partial charge in [0.15, 0.2) is 5.13 Å². The lowest BCUT2D eigenvalue weighted by Gasteiger charge is -2.30. The van der Waals surface area contributed by atoms with Crippen LogP contribution in [0.2, 0.25) is 0 Å². The predicted molar refractivity (Wildman–Crippen MR) is 117 cm³/mol. The predicted octanol–water partition coefficient (Wildman–Crippen LogP) is 2.38. The topological polar surface area (TPSA) is 115 Å². The van der Waals surface area contributed by atoms with Crippen molar-refractivity contribution in [3.8, 4) is 0 Å². The van der Waals surface area contributed by atoms with Crippen molar-refractivity contribution in [2.24, 2.45) is 11.8 Å². The minimum Gasteiger partial charge on any atom is -0.356 e. The SMILES string of the molecule is CC1CCN(C(=O)c2cc(S(=O)(=O)N3CCC[C@H](C(=O)Nc4nccs4)C3)c[nH]2)CC1. The maximum absolute atomic E-state index is 13.2. The fraction of sp³-hybridized carbons (Fsp3) is 0.550. The summed E-state index contributed by atoms with van der Waals surface area (Å²) >= 11 is 1.32. The van der Waals surface area contributed by atoms with Gasteiger partial charge in [0.25, 0.3) is 5.91 Å². The molecule has 4 rings (SSSR count). The third kappa shape index (κ3) is 4.83. The summed E-state index contributed by atoms with van der Waals surface area (Å²) in [7, 11) is -3.80. The first-order chi connectivity index (χ1) is 14.8. The quantitative estimate of drug-likeness (QED) is 0.703. The molecule has 168 valence electrons. The van der Waals surface area contributed by atoms with E-state index in [2.05, 4.69) is 22.2 Å². The van der Waals surface area contributed by atoms with Crippen molar-refractivity contribution in [1.29, 1.82) is 0 Å². The van der Waals surface area contributed by atoms with Gasteiger partial charge in [-0.1, -0.05) is 6.92 Å². The van der Waals surface area contributed by atoms with Crippen molar-refractivity contribution >= 4 is 38.3 Å². The summed E-state index contributed by atoms with van der Waals surface area (Å²) in [5, 5.41) is 5.02. The number of likely N-dealkylation sites (tertiary alicyclic amines) is 1. The maximum atomic E-state index is 13.2. The molecular formula is C20H27N5O4S2. The number of nitrogens with zero attached hydrogens (tertiary/aromatic N) is 3. The molecule has 31 heavy (non-hydrogen) atoms. The third-order valence-corrected chi connectivity index (χ3v) is 8.54. The van der Waals surface area contributed by atoms with E-state index >= 15 is 0 Å². The number of hydrogen-bond donors (Lipinski definition) is 2. The minimum atomic E-state index is -3.80. The largest absolute Gasteiger partial charge is 0.356 e. The van der Waals surface area contributed by atoms with E-state index in [1.54, 1.807) is 16.5 Å². The standard InChI is InChI=1S/C20H27N5O4S2/c1-14-4-8-24(9-5-14)19(27)17-11-16(12-22-17)31(28,29)25-7-2-3-15(13-25)18(26)23-20-21-6-10-30-20/h6,10-12,14-15,22H,2-5,7-9,13H2,1H3,(H,21,23,26)/t15-/m0/s1. The molecule has 2 amide bonds. The highest BCUT2D eigenvalue weighted by Gasteiger charge is 2.34. The van der Waals surface area contributed by atoms with Crippen LogP contribution in [0.15, 0.2) is 28.7 Å². The highest BCUT2D eigenvalue weighted by molar-refractivity contribution is 7.89. The van der Waals surface area contributed by atoms with Crippen LogP contribution in [0.5, 0.6) is 0 Å². The first-order valence-electron chi connectivity index (χ1n) is 10.5. The number of piperidine rings is 2. The molecule has 0 bridgehead atoms. The second kappa shape index (κ2) is 9.09. The van der Waals surface area contributed by atoms with Crippen molar-refractivity contribution in [3.05, 3.63) is 29.5 Å². The Labute approximate surface area is 185 Å². The number of hydrogen-bond acceptors (Lipinski definition) is 6. The van der Waals surface area contributed by atoms with Gasteiger partial charge in [-0.3, -0.25) is 9.59 Å². The van der Waals surface area contributed by atoms with Crippen molar-refractivity contribution in [2.45, 2.75) is 37.5 Å². The second-order valence-corrected chi connectivity index (χ2v) is 11.1. The van der Waals surface area contributed by atoms with Crippen LogP contribution in [-0.4, -0.2) is 65.6 Å². The molecule has 2 aliphatic rings. The number of amides is 2. The normalized spacial score (nSPS) is 21.2. The van der Waals surface area contributed by atoms with E-state index in [0.29, 0.717) is 43.5 Å². The monoisotopic (exact) mass is 465 g/mol. The molecule has 0 unspecified atom stereocenters. The van der Waals surface area contributed by atoms with E-state index in [4.69, 9.17) is 0 Å². The molecule has 2 aromatic heterocycles. The Bertz CT molecular complexity index is 1030. The van der Waals surface area contributed by atoms with Crippen molar-refractivity contribution < 1.29 is 18.0 Å². The number of aromatic nitrogens is 2. The molecule has 2 fully saturated rings. The minimum absolute atomic E-state index is 0.0576. The zero-order valence-corrected chi connectivity index (χ0v) is 19.0. The Kier molecular flexibility index (Phi) is 6.44. The summed E-state index contributed by atoms with van der Waals surface area (Å²) in [4.78, 5) is 34.0. The van der Waals surface area contributed by atoms with E-state index in [1.807, 2.05) is 0 Å². The number of carbonyl (C=O) groups excluding carboxylic acids is 2. The summed E-state index contributed by atoms with van der Waals surface area (Å²) in [6, 6.07) is 1.41. The van der Waals surface area contributed by atoms with Crippen LogP contribution in [-0.2, 0) is 14.8 Å². The number of anilines is 1. The van der Waals surface area contributed by atoms with Gasteiger partial charge in [-0.2, -0.15) is 4.31 Å². The molecule has 2 aliphatic heterocycles. The highest BCUT2D eigenvalue weighted by atomic mass is 32.2. The maximum Gasteiger partial charge on any atom is 0.270 e. The van der Waals surface area contributed by atoms with Crippen LogP contribution in [0.3, 0.4) is 0 Å². The summed E-state index contributed by atoms with van der Waals surface area (Å²) < 4.78 is 27.7. The van der Waals surface area contributed by atoms with E-state index in [1.165, 1.54) is 27.9 Å². The fourth-order valence-corrected chi connectivity index (χ4v) is 6.10. The smallest absolute Gasteiger partial charge is 0.270 e. The van der Waals surface area contributed by atoms with Crippen LogP contribution >= 0.6 is 11.3 Å². The number of carbonyl (C=O) groups is 2. The molecule has 9 nitrogen and oxygen atoms in total. The number of nitrogens with one attached hydrogen (secondary N) is 2. The first-order valence-corrected chi connectivity index (χ1v) is 12.8. The Morgan fingerprint density at radius 3 is 2.71 bits per heavy atom. The van der Waals surface area contributed by atoms with Crippen LogP contribution in [0.25, 0.3) is 0 Å². The summed E-state index contributed by atoms with van der Waals surface area (Å²) in [6.07, 6.45) is 6.10. The van der Waals surface area contributed by atoms with Crippen LogP contribution in [0.1, 0.15) is 43.1 Å². The van der Waals surface area contributed by atoms with E-state index in [0.717, 1.165) is 12.8 Å². The van der Waals surface area contributed by atoms with Gasteiger partial charge in [0.05, 0.1) is 5.92 Å². The van der Waals surface area contributed by atoms with Gasteiger partial charge < -0.3 is 15.2 Å². The van der Waals surface area contributed by atoms with Gasteiger partial charge in [-0.05, 0) is 37.7 Å². The molecule has 11 heteroatoms. The van der Waals surface area contributed by atoms with E-state index < -0.39 is 15.9 Å². The number of aromatic amines is 1. The number of sulfonamides is 1. The lowest BCUT2D eigenvalue weighted by Crippen LogP contribution is -2.43. The Balaban J connectivity index is 1.43. The fourth-order valence-electron chi connectivity index (χ4n) is 4.05.